The first-order valence-corrected chi connectivity index (χ1v) is 14.1. The SMILES string of the molecule is C=C(/C=C\C)c1cccc2[nH]c(-c3[nH]nc4ncc(-c5cncc(NC(C)=O)c5)cc34)cc12.C=C/C=C(\C)c1ccncc1. The first-order chi connectivity index (χ1) is 21.4. The number of carbonyl (C=O) groups excluding carboxylic acids is 1. The molecule has 3 N–H and O–H groups in total. The highest BCUT2D eigenvalue weighted by atomic mass is 16.1. The summed E-state index contributed by atoms with van der Waals surface area (Å²) in [6.07, 6.45) is 16.5. The largest absolute Gasteiger partial charge is 0.353 e. The van der Waals surface area contributed by atoms with Gasteiger partial charge in [-0.2, -0.15) is 5.10 Å². The van der Waals surface area contributed by atoms with Gasteiger partial charge in [-0.3, -0.25) is 19.9 Å². The lowest BCUT2D eigenvalue weighted by molar-refractivity contribution is -0.114. The van der Waals surface area contributed by atoms with Crippen molar-refractivity contribution in [1.29, 1.82) is 0 Å². The number of rotatable bonds is 7. The van der Waals surface area contributed by atoms with Crippen LogP contribution < -0.4 is 5.32 Å². The van der Waals surface area contributed by atoms with E-state index in [1.807, 2.05) is 61.5 Å². The number of allylic oxidation sites excluding steroid dienone is 6. The highest BCUT2D eigenvalue weighted by molar-refractivity contribution is 6.00. The van der Waals surface area contributed by atoms with Crippen LogP contribution in [-0.4, -0.2) is 36.0 Å². The van der Waals surface area contributed by atoms with Gasteiger partial charge < -0.3 is 10.3 Å². The Hall–Kier alpha value is -5.89. The molecular weight excluding hydrogens is 546 g/mol. The van der Waals surface area contributed by atoms with E-state index in [2.05, 4.69) is 67.7 Å². The van der Waals surface area contributed by atoms with Crippen LogP contribution in [0.5, 0.6) is 0 Å². The zero-order chi connectivity index (χ0) is 31.1. The molecule has 44 heavy (non-hydrogen) atoms. The number of benzene rings is 1. The van der Waals surface area contributed by atoms with Gasteiger partial charge in [0, 0.05) is 59.1 Å². The molecule has 0 radical (unpaired) electrons. The minimum Gasteiger partial charge on any atom is -0.353 e. The predicted octanol–water partition coefficient (Wildman–Crippen LogP) is 8.39. The molecule has 0 bridgehead atoms. The van der Waals surface area contributed by atoms with Crippen LogP contribution in [0.2, 0.25) is 0 Å². The van der Waals surface area contributed by atoms with Gasteiger partial charge in [-0.05, 0) is 72.5 Å². The minimum atomic E-state index is -0.144. The molecule has 8 nitrogen and oxygen atoms in total. The quantitative estimate of drug-likeness (QED) is 0.164. The summed E-state index contributed by atoms with van der Waals surface area (Å²) >= 11 is 0. The number of H-pyrrole nitrogens is 2. The summed E-state index contributed by atoms with van der Waals surface area (Å²) in [5.74, 6) is -0.144. The lowest BCUT2D eigenvalue weighted by Crippen LogP contribution is -2.05. The fourth-order valence-electron chi connectivity index (χ4n) is 4.88. The number of hydrogen-bond acceptors (Lipinski definition) is 5. The zero-order valence-corrected chi connectivity index (χ0v) is 24.9. The molecule has 6 rings (SSSR count). The highest BCUT2D eigenvalue weighted by Gasteiger charge is 2.15. The summed E-state index contributed by atoms with van der Waals surface area (Å²) in [6, 6.07) is 16.1. The second-order valence-corrected chi connectivity index (χ2v) is 10.1. The number of anilines is 1. The third-order valence-electron chi connectivity index (χ3n) is 6.95. The molecule has 1 amide bonds. The average Bonchev–Trinajstić information content (AvgIpc) is 3.66. The van der Waals surface area contributed by atoms with Crippen LogP contribution in [0.3, 0.4) is 0 Å². The first-order valence-electron chi connectivity index (χ1n) is 14.1. The maximum Gasteiger partial charge on any atom is 0.221 e. The summed E-state index contributed by atoms with van der Waals surface area (Å²) in [7, 11) is 0. The second kappa shape index (κ2) is 13.4. The molecule has 8 heteroatoms. The van der Waals surface area contributed by atoms with Crippen molar-refractivity contribution in [3.63, 3.8) is 0 Å². The average molecular weight is 580 g/mol. The Bertz CT molecular complexity index is 2030. The van der Waals surface area contributed by atoms with Crippen LogP contribution >= 0.6 is 0 Å². The van der Waals surface area contributed by atoms with Crippen LogP contribution in [0, 0.1) is 0 Å². The predicted molar refractivity (Wildman–Crippen MR) is 181 cm³/mol. The Morgan fingerprint density at radius 3 is 2.50 bits per heavy atom. The summed E-state index contributed by atoms with van der Waals surface area (Å²) in [6.45, 7) is 13.3. The van der Waals surface area contributed by atoms with Crippen molar-refractivity contribution in [2.45, 2.75) is 20.8 Å². The minimum absolute atomic E-state index is 0.144. The van der Waals surface area contributed by atoms with Crippen LogP contribution in [0.15, 0.2) is 117 Å². The van der Waals surface area contributed by atoms with E-state index in [0.29, 0.717) is 11.3 Å². The van der Waals surface area contributed by atoms with Crippen molar-refractivity contribution in [3.05, 3.63) is 128 Å². The van der Waals surface area contributed by atoms with E-state index in [4.69, 9.17) is 0 Å². The van der Waals surface area contributed by atoms with Crippen molar-refractivity contribution >= 4 is 44.7 Å². The van der Waals surface area contributed by atoms with E-state index in [1.165, 1.54) is 18.1 Å². The van der Waals surface area contributed by atoms with E-state index in [0.717, 1.165) is 49.9 Å². The molecule has 0 spiro atoms. The molecule has 0 atom stereocenters. The number of aromatic nitrogens is 6. The zero-order valence-electron chi connectivity index (χ0n) is 24.9. The van der Waals surface area contributed by atoms with Crippen molar-refractivity contribution in [2.75, 3.05) is 5.32 Å². The topological polar surface area (TPSA) is 112 Å². The molecule has 0 aliphatic carbocycles. The first kappa shape index (κ1) is 29.6. The molecular formula is C36H33N7O. The van der Waals surface area contributed by atoms with Gasteiger partial charge in [-0.15, -0.1) is 0 Å². The van der Waals surface area contributed by atoms with Gasteiger partial charge in [-0.1, -0.05) is 49.6 Å². The number of amides is 1. The Labute approximate surface area is 256 Å². The fourth-order valence-corrected chi connectivity index (χ4v) is 4.88. The summed E-state index contributed by atoms with van der Waals surface area (Å²) in [5.41, 5.74) is 10.2. The van der Waals surface area contributed by atoms with Crippen molar-refractivity contribution in [2.24, 2.45) is 0 Å². The molecule has 0 aliphatic rings. The van der Waals surface area contributed by atoms with Crippen molar-refractivity contribution < 1.29 is 4.79 Å². The van der Waals surface area contributed by atoms with Crippen LogP contribution in [0.4, 0.5) is 5.69 Å². The number of nitrogens with one attached hydrogen (secondary N) is 3. The van der Waals surface area contributed by atoms with E-state index in [9.17, 15) is 4.79 Å². The van der Waals surface area contributed by atoms with Crippen molar-refractivity contribution in [3.8, 4) is 22.5 Å². The lowest BCUT2D eigenvalue weighted by Gasteiger charge is -2.05. The summed E-state index contributed by atoms with van der Waals surface area (Å²) < 4.78 is 0. The molecule has 5 heterocycles. The van der Waals surface area contributed by atoms with Crippen LogP contribution in [0.1, 0.15) is 31.9 Å². The van der Waals surface area contributed by atoms with Gasteiger partial charge in [0.15, 0.2) is 5.65 Å². The molecule has 0 fully saturated rings. The number of hydrogen-bond donors (Lipinski definition) is 3. The standard InChI is InChI=1S/C26H22N6O.C10H11N/c1-4-6-15(2)20-7-5-8-23-21(20)11-24(30-23)25-22-10-18(13-28-26(22)32-31-25)17-9-19(14-27-12-17)29-16(3)33;1-3-4-9(2)10-5-7-11-8-6-10/h4-14,30H,2H2,1,3H3,(H,29,33)(H,28,31,32);3-8H,1H2,2H3/b6-4-;9-4+. The van der Waals surface area contributed by atoms with Gasteiger partial charge in [0.2, 0.25) is 5.91 Å². The second-order valence-electron chi connectivity index (χ2n) is 10.1. The smallest absolute Gasteiger partial charge is 0.221 e. The third-order valence-corrected chi connectivity index (χ3v) is 6.95. The molecule has 0 saturated heterocycles. The Balaban J connectivity index is 0.000000296. The van der Waals surface area contributed by atoms with E-state index >= 15 is 0 Å². The monoisotopic (exact) mass is 579 g/mol. The third kappa shape index (κ3) is 6.60. The van der Waals surface area contributed by atoms with E-state index in [1.54, 1.807) is 37.1 Å². The molecule has 1 aromatic carbocycles. The number of pyridine rings is 3. The van der Waals surface area contributed by atoms with Gasteiger partial charge in [0.05, 0.1) is 23.3 Å². The Morgan fingerprint density at radius 2 is 1.75 bits per heavy atom. The number of nitrogens with zero attached hydrogens (tertiary/aromatic N) is 4. The number of aromatic amines is 2. The fraction of sp³-hybridized carbons (Fsp3) is 0.0833. The molecule has 218 valence electrons. The van der Waals surface area contributed by atoms with E-state index < -0.39 is 0 Å². The van der Waals surface area contributed by atoms with Gasteiger partial charge in [0.1, 0.15) is 0 Å². The number of fused-ring (bicyclic) bond motifs is 2. The van der Waals surface area contributed by atoms with Gasteiger partial charge >= 0.3 is 0 Å². The van der Waals surface area contributed by atoms with Crippen LogP contribution in [-0.2, 0) is 4.79 Å². The molecule has 0 saturated carbocycles. The maximum atomic E-state index is 11.4. The van der Waals surface area contributed by atoms with Gasteiger partial charge in [-0.25, -0.2) is 4.98 Å². The maximum absolute atomic E-state index is 11.4. The Kier molecular flexibility index (Phi) is 9.01. The normalized spacial score (nSPS) is 11.4. The summed E-state index contributed by atoms with van der Waals surface area (Å²) in [5, 5.41) is 12.3. The Morgan fingerprint density at radius 1 is 0.955 bits per heavy atom. The molecule has 0 aliphatic heterocycles. The van der Waals surface area contributed by atoms with Gasteiger partial charge in [0.25, 0.3) is 0 Å². The molecule has 0 unspecified atom stereocenters. The van der Waals surface area contributed by atoms with Crippen molar-refractivity contribution in [1.82, 2.24) is 30.1 Å². The highest BCUT2D eigenvalue weighted by Crippen LogP contribution is 2.33. The number of carbonyl (C=O) groups is 1. The van der Waals surface area contributed by atoms with E-state index in [-0.39, 0.29) is 5.91 Å². The molecule has 6 aromatic rings. The van der Waals surface area contributed by atoms with Crippen LogP contribution in [0.25, 0.3) is 55.6 Å². The summed E-state index contributed by atoms with van der Waals surface area (Å²) in [4.78, 5) is 27.6. The molecule has 5 aromatic heterocycles. The lowest BCUT2D eigenvalue weighted by atomic mass is 10.0.